The molecule has 0 fully saturated rings. The van der Waals surface area contributed by atoms with Crippen molar-refractivity contribution in [3.63, 3.8) is 0 Å². The fraction of sp³-hybridized carbons (Fsp3) is 0.0435. The maximum Gasteiger partial charge on any atom is 0.294 e. The number of halogens is 3. The maximum absolute atomic E-state index is 13.3. The van der Waals surface area contributed by atoms with Crippen molar-refractivity contribution >= 4 is 52.2 Å². The molecule has 0 aromatic heterocycles. The Hall–Kier alpha value is -2.79. The van der Waals surface area contributed by atoms with Gasteiger partial charge in [0.05, 0.1) is 11.6 Å². The quantitative estimate of drug-likeness (QED) is 0.458. The smallest absolute Gasteiger partial charge is 0.294 e. The molecule has 1 aliphatic rings. The molecule has 1 unspecified atom stereocenters. The monoisotopic (exact) mass is 457 g/mol. The summed E-state index contributed by atoms with van der Waals surface area (Å²) in [6, 6.07) is 18.8. The van der Waals surface area contributed by atoms with Crippen LogP contribution in [0.25, 0.3) is 0 Å². The summed E-state index contributed by atoms with van der Waals surface area (Å²) >= 11 is 18.1. The average Bonchev–Trinajstić information content (AvgIpc) is 2.99. The summed E-state index contributed by atoms with van der Waals surface area (Å²) in [6.07, 6.45) is 0. The molecule has 0 bridgehead atoms. The van der Waals surface area contributed by atoms with Gasteiger partial charge in [0, 0.05) is 26.3 Å². The van der Waals surface area contributed by atoms with Crippen LogP contribution < -0.4 is 4.90 Å². The van der Waals surface area contributed by atoms with E-state index in [0.717, 1.165) is 0 Å². The van der Waals surface area contributed by atoms with Crippen LogP contribution in [-0.2, 0) is 4.79 Å². The molecule has 0 saturated carbocycles. The van der Waals surface area contributed by atoms with Crippen LogP contribution in [0.1, 0.15) is 22.0 Å². The third-order valence-electron chi connectivity index (χ3n) is 4.83. The van der Waals surface area contributed by atoms with Gasteiger partial charge in [-0.05, 0) is 60.2 Å². The van der Waals surface area contributed by atoms with Crippen molar-refractivity contribution in [3.05, 3.63) is 110 Å². The van der Waals surface area contributed by atoms with E-state index in [0.29, 0.717) is 31.9 Å². The van der Waals surface area contributed by atoms with E-state index in [-0.39, 0.29) is 5.57 Å². The largest absolute Gasteiger partial charge is 0.503 e. The van der Waals surface area contributed by atoms with E-state index in [4.69, 9.17) is 34.8 Å². The zero-order valence-corrected chi connectivity index (χ0v) is 17.6. The molecule has 3 aromatic rings. The number of carbonyl (C=O) groups excluding carboxylic acids is 2. The molecule has 0 saturated heterocycles. The van der Waals surface area contributed by atoms with Gasteiger partial charge in [0.15, 0.2) is 11.5 Å². The number of Topliss-reactive ketones (excluding diaryl/α,β-unsaturated/α-hetero) is 1. The molecular formula is C23H14Cl3NO3. The number of aliphatic hydroxyl groups excluding tert-OH is 1. The number of anilines is 1. The summed E-state index contributed by atoms with van der Waals surface area (Å²) in [5.74, 6) is -1.76. The Morgan fingerprint density at radius 3 is 2.03 bits per heavy atom. The Morgan fingerprint density at radius 1 is 0.833 bits per heavy atom. The van der Waals surface area contributed by atoms with Crippen LogP contribution in [0.3, 0.4) is 0 Å². The number of hydrogen-bond acceptors (Lipinski definition) is 3. The molecular weight excluding hydrogens is 445 g/mol. The van der Waals surface area contributed by atoms with Crippen LogP contribution in [0.5, 0.6) is 0 Å². The minimum atomic E-state index is -0.851. The number of benzene rings is 3. The summed E-state index contributed by atoms with van der Waals surface area (Å²) in [4.78, 5) is 27.7. The zero-order chi connectivity index (χ0) is 21.4. The predicted octanol–water partition coefficient (Wildman–Crippen LogP) is 6.43. The van der Waals surface area contributed by atoms with E-state index in [1.54, 1.807) is 72.8 Å². The van der Waals surface area contributed by atoms with Gasteiger partial charge in [0.2, 0.25) is 0 Å². The van der Waals surface area contributed by atoms with Crippen LogP contribution in [0.2, 0.25) is 15.1 Å². The fourth-order valence-corrected chi connectivity index (χ4v) is 3.88. The van der Waals surface area contributed by atoms with E-state index in [9.17, 15) is 14.7 Å². The Balaban J connectivity index is 1.88. The number of ketones is 1. The van der Waals surface area contributed by atoms with Crippen LogP contribution in [-0.4, -0.2) is 16.8 Å². The Morgan fingerprint density at radius 2 is 1.43 bits per heavy atom. The second-order valence-corrected chi connectivity index (χ2v) is 8.02. The fourth-order valence-electron chi connectivity index (χ4n) is 3.45. The molecule has 0 aliphatic carbocycles. The summed E-state index contributed by atoms with van der Waals surface area (Å²) in [5.41, 5.74) is 1.36. The number of amides is 1. The first kappa shape index (κ1) is 20.5. The minimum Gasteiger partial charge on any atom is -0.503 e. The molecule has 1 amide bonds. The number of nitrogens with zero attached hydrogens (tertiary/aromatic N) is 1. The molecule has 1 heterocycles. The second-order valence-electron chi connectivity index (χ2n) is 6.71. The van der Waals surface area contributed by atoms with Gasteiger partial charge in [-0.15, -0.1) is 0 Å². The Kier molecular flexibility index (Phi) is 5.56. The van der Waals surface area contributed by atoms with E-state index >= 15 is 0 Å². The standard InChI is InChI=1S/C23H14Cl3NO3/c24-15-8-4-13(5-9-15)20-19(21(28)14-6-10-16(25)11-7-14)22(29)23(30)27(20)18-3-1-2-17(26)12-18/h1-12,20,29H. The van der Waals surface area contributed by atoms with Gasteiger partial charge in [-0.25, -0.2) is 0 Å². The topological polar surface area (TPSA) is 57.6 Å². The van der Waals surface area contributed by atoms with Crippen molar-refractivity contribution in [2.75, 3.05) is 4.90 Å². The minimum absolute atomic E-state index is 0.0235. The summed E-state index contributed by atoms with van der Waals surface area (Å²) in [6.45, 7) is 0. The summed E-state index contributed by atoms with van der Waals surface area (Å²) < 4.78 is 0. The molecule has 3 aromatic carbocycles. The Labute approximate surface area is 187 Å². The summed E-state index contributed by atoms with van der Waals surface area (Å²) in [5, 5.41) is 12.1. The predicted molar refractivity (Wildman–Crippen MR) is 119 cm³/mol. The normalized spacial score (nSPS) is 16.3. The number of aliphatic hydroxyl groups is 1. The highest BCUT2D eigenvalue weighted by Gasteiger charge is 2.44. The van der Waals surface area contributed by atoms with Crippen LogP contribution in [0.4, 0.5) is 5.69 Å². The van der Waals surface area contributed by atoms with Crippen molar-refractivity contribution in [2.24, 2.45) is 0 Å². The number of carbonyl (C=O) groups is 2. The van der Waals surface area contributed by atoms with Crippen LogP contribution >= 0.6 is 34.8 Å². The van der Waals surface area contributed by atoms with Gasteiger partial charge in [0.25, 0.3) is 5.91 Å². The van der Waals surface area contributed by atoms with Crippen molar-refractivity contribution in [2.45, 2.75) is 6.04 Å². The molecule has 1 aliphatic heterocycles. The van der Waals surface area contributed by atoms with E-state index in [1.807, 2.05) is 0 Å². The maximum atomic E-state index is 13.3. The number of rotatable bonds is 4. The van der Waals surface area contributed by atoms with Gasteiger partial charge in [-0.3, -0.25) is 14.5 Å². The van der Waals surface area contributed by atoms with E-state index < -0.39 is 23.5 Å². The molecule has 1 N–H and O–H groups in total. The molecule has 0 radical (unpaired) electrons. The highest BCUT2D eigenvalue weighted by molar-refractivity contribution is 6.31. The molecule has 0 spiro atoms. The van der Waals surface area contributed by atoms with Gasteiger partial charge < -0.3 is 5.11 Å². The lowest BCUT2D eigenvalue weighted by Gasteiger charge is -2.27. The van der Waals surface area contributed by atoms with E-state index in [2.05, 4.69) is 0 Å². The molecule has 1 atom stereocenters. The number of hydrogen-bond donors (Lipinski definition) is 1. The first-order valence-electron chi connectivity index (χ1n) is 8.95. The molecule has 7 heteroatoms. The highest BCUT2D eigenvalue weighted by Crippen LogP contribution is 2.42. The first-order valence-corrected chi connectivity index (χ1v) is 10.1. The average molecular weight is 459 g/mol. The lowest BCUT2D eigenvalue weighted by molar-refractivity contribution is -0.117. The SMILES string of the molecule is O=C(C1=C(O)C(=O)N(c2cccc(Cl)c2)C1c1ccc(Cl)cc1)c1ccc(Cl)cc1. The lowest BCUT2D eigenvalue weighted by Crippen LogP contribution is -2.31. The van der Waals surface area contributed by atoms with Gasteiger partial charge in [0.1, 0.15) is 0 Å². The Bertz CT molecular complexity index is 1170. The third kappa shape index (κ3) is 3.70. The van der Waals surface area contributed by atoms with Crippen molar-refractivity contribution in [1.29, 1.82) is 0 Å². The summed E-state index contributed by atoms with van der Waals surface area (Å²) in [7, 11) is 0. The van der Waals surface area contributed by atoms with Crippen LogP contribution in [0.15, 0.2) is 84.1 Å². The van der Waals surface area contributed by atoms with E-state index in [1.165, 1.54) is 4.90 Å². The second kappa shape index (κ2) is 8.15. The zero-order valence-electron chi connectivity index (χ0n) is 15.4. The van der Waals surface area contributed by atoms with Crippen molar-refractivity contribution in [3.8, 4) is 0 Å². The van der Waals surface area contributed by atoms with Gasteiger partial charge in [-0.2, -0.15) is 0 Å². The molecule has 4 nitrogen and oxygen atoms in total. The lowest BCUT2D eigenvalue weighted by atomic mass is 9.92. The van der Waals surface area contributed by atoms with Gasteiger partial charge >= 0.3 is 0 Å². The van der Waals surface area contributed by atoms with Crippen molar-refractivity contribution in [1.82, 2.24) is 0 Å². The van der Waals surface area contributed by atoms with Crippen LogP contribution in [0, 0.1) is 0 Å². The molecule has 4 rings (SSSR count). The first-order chi connectivity index (χ1) is 14.4. The molecule has 150 valence electrons. The molecule has 30 heavy (non-hydrogen) atoms. The third-order valence-corrected chi connectivity index (χ3v) is 5.57. The van der Waals surface area contributed by atoms with Crippen molar-refractivity contribution < 1.29 is 14.7 Å². The highest BCUT2D eigenvalue weighted by atomic mass is 35.5. The van der Waals surface area contributed by atoms with Gasteiger partial charge in [-0.1, -0.05) is 53.0 Å².